The van der Waals surface area contributed by atoms with Crippen LogP contribution < -0.4 is 10.6 Å². The zero-order chi connectivity index (χ0) is 18.1. The molecule has 2 aromatic rings. The van der Waals surface area contributed by atoms with Crippen LogP contribution in [0.15, 0.2) is 24.3 Å². The van der Waals surface area contributed by atoms with Gasteiger partial charge in [0.25, 0.3) is 5.91 Å². The van der Waals surface area contributed by atoms with E-state index in [1.54, 1.807) is 12.1 Å². The van der Waals surface area contributed by atoms with Crippen molar-refractivity contribution in [1.82, 2.24) is 25.4 Å². The molecular formula is C19H23N5O2. The molecule has 26 heavy (non-hydrogen) atoms. The molecule has 1 aromatic carbocycles. The second kappa shape index (κ2) is 6.90. The predicted molar refractivity (Wildman–Crippen MR) is 95.4 cm³/mol. The van der Waals surface area contributed by atoms with Gasteiger partial charge in [0.15, 0.2) is 5.82 Å². The molecule has 2 fully saturated rings. The Bertz CT molecular complexity index is 819. The van der Waals surface area contributed by atoms with Crippen LogP contribution in [-0.2, 0) is 17.9 Å². The lowest BCUT2D eigenvalue weighted by Gasteiger charge is -2.10. The normalized spacial score (nSPS) is 16.3. The van der Waals surface area contributed by atoms with E-state index in [1.807, 2.05) is 12.1 Å². The van der Waals surface area contributed by atoms with E-state index < -0.39 is 0 Å². The van der Waals surface area contributed by atoms with Gasteiger partial charge < -0.3 is 15.2 Å². The maximum absolute atomic E-state index is 12.4. The zero-order valence-corrected chi connectivity index (χ0v) is 14.9. The van der Waals surface area contributed by atoms with E-state index in [0.29, 0.717) is 30.6 Å². The van der Waals surface area contributed by atoms with E-state index in [-0.39, 0.29) is 11.8 Å². The van der Waals surface area contributed by atoms with Crippen LogP contribution >= 0.6 is 0 Å². The number of rotatable bonds is 7. The number of hydrogen-bond donors (Lipinski definition) is 2. The highest BCUT2D eigenvalue weighted by atomic mass is 16.2. The van der Waals surface area contributed by atoms with Crippen molar-refractivity contribution in [2.24, 2.45) is 0 Å². The molecular weight excluding hydrogens is 330 g/mol. The molecule has 0 saturated heterocycles. The van der Waals surface area contributed by atoms with Crippen LogP contribution in [-0.4, -0.2) is 26.6 Å². The molecule has 0 bridgehead atoms. The third-order valence-corrected chi connectivity index (χ3v) is 4.81. The van der Waals surface area contributed by atoms with Crippen molar-refractivity contribution < 1.29 is 9.59 Å². The van der Waals surface area contributed by atoms with E-state index in [4.69, 9.17) is 0 Å². The molecule has 0 spiro atoms. The van der Waals surface area contributed by atoms with Gasteiger partial charge in [-0.2, -0.15) is 0 Å². The largest absolute Gasteiger partial charge is 0.352 e. The summed E-state index contributed by atoms with van der Waals surface area (Å²) in [6.07, 6.45) is 4.74. The summed E-state index contributed by atoms with van der Waals surface area (Å²) in [6, 6.07) is 7.76. The first-order valence-corrected chi connectivity index (χ1v) is 9.17. The van der Waals surface area contributed by atoms with Gasteiger partial charge in [-0.25, -0.2) is 0 Å². The number of nitrogens with zero attached hydrogens (tertiary/aromatic N) is 3. The van der Waals surface area contributed by atoms with Crippen molar-refractivity contribution in [2.45, 2.75) is 57.7 Å². The van der Waals surface area contributed by atoms with Gasteiger partial charge in [-0.3, -0.25) is 9.59 Å². The van der Waals surface area contributed by atoms with Crippen molar-refractivity contribution in [1.29, 1.82) is 0 Å². The predicted octanol–water partition coefficient (Wildman–Crippen LogP) is 2.06. The second-order valence-electron chi connectivity index (χ2n) is 7.14. The minimum absolute atomic E-state index is 0.0721. The molecule has 2 N–H and O–H groups in total. The van der Waals surface area contributed by atoms with Crippen LogP contribution in [0.25, 0.3) is 0 Å². The maximum Gasteiger partial charge on any atom is 0.251 e. The monoisotopic (exact) mass is 353 g/mol. The number of amides is 2. The van der Waals surface area contributed by atoms with Gasteiger partial charge in [0.1, 0.15) is 5.82 Å². The summed E-state index contributed by atoms with van der Waals surface area (Å²) in [5, 5.41) is 14.4. The number of aromatic nitrogens is 3. The summed E-state index contributed by atoms with van der Waals surface area (Å²) in [5.74, 6) is 2.30. The Balaban J connectivity index is 1.37. The average Bonchev–Trinajstić information content (AvgIpc) is 3.57. The van der Waals surface area contributed by atoms with E-state index in [9.17, 15) is 9.59 Å². The fraction of sp³-hybridized carbons (Fsp3) is 0.474. The summed E-state index contributed by atoms with van der Waals surface area (Å²) in [4.78, 5) is 23.4. The minimum Gasteiger partial charge on any atom is -0.352 e. The first-order chi connectivity index (χ1) is 12.6. The van der Waals surface area contributed by atoms with Gasteiger partial charge in [0, 0.05) is 31.0 Å². The Morgan fingerprint density at radius 2 is 1.77 bits per heavy atom. The SMILES string of the molecule is CC(=O)NCc1ccc(C(=O)NCc2nnc(C3CC3)n2C2CC2)cc1. The van der Waals surface area contributed by atoms with Crippen LogP contribution in [0, 0.1) is 0 Å². The van der Waals surface area contributed by atoms with E-state index in [2.05, 4.69) is 25.4 Å². The van der Waals surface area contributed by atoms with Gasteiger partial charge in [-0.15, -0.1) is 10.2 Å². The zero-order valence-electron chi connectivity index (χ0n) is 14.9. The van der Waals surface area contributed by atoms with Gasteiger partial charge in [-0.1, -0.05) is 12.1 Å². The quantitative estimate of drug-likeness (QED) is 0.797. The summed E-state index contributed by atoms with van der Waals surface area (Å²) in [6.45, 7) is 2.34. The fourth-order valence-corrected chi connectivity index (χ4v) is 3.07. The lowest BCUT2D eigenvalue weighted by Crippen LogP contribution is -2.25. The number of benzene rings is 1. The first kappa shape index (κ1) is 16.8. The van der Waals surface area contributed by atoms with E-state index in [1.165, 1.54) is 32.6 Å². The fourth-order valence-electron chi connectivity index (χ4n) is 3.07. The molecule has 2 saturated carbocycles. The van der Waals surface area contributed by atoms with Crippen LogP contribution in [0.1, 0.15) is 72.1 Å². The second-order valence-corrected chi connectivity index (χ2v) is 7.14. The van der Waals surface area contributed by atoms with Gasteiger partial charge in [-0.05, 0) is 43.4 Å². The smallest absolute Gasteiger partial charge is 0.251 e. The molecule has 2 aliphatic rings. The summed E-state index contributed by atoms with van der Waals surface area (Å²) in [5.41, 5.74) is 1.55. The molecule has 7 heteroatoms. The van der Waals surface area contributed by atoms with Gasteiger partial charge in [0.05, 0.1) is 6.54 Å². The van der Waals surface area contributed by atoms with Gasteiger partial charge in [0.2, 0.25) is 5.91 Å². The van der Waals surface area contributed by atoms with Crippen molar-refractivity contribution in [2.75, 3.05) is 0 Å². The van der Waals surface area contributed by atoms with Crippen LogP contribution in [0.4, 0.5) is 0 Å². The Labute approximate surface area is 152 Å². The molecule has 0 unspecified atom stereocenters. The molecule has 1 heterocycles. The lowest BCUT2D eigenvalue weighted by molar-refractivity contribution is -0.119. The molecule has 1 aromatic heterocycles. The standard InChI is InChI=1S/C19H23N5O2/c1-12(25)20-10-13-2-4-15(5-3-13)19(26)21-11-17-22-23-18(14-6-7-14)24(17)16-8-9-16/h2-5,14,16H,6-11H2,1H3,(H,20,25)(H,21,26). The topological polar surface area (TPSA) is 88.9 Å². The summed E-state index contributed by atoms with van der Waals surface area (Å²) >= 11 is 0. The Hall–Kier alpha value is -2.70. The van der Waals surface area contributed by atoms with Crippen LogP contribution in [0.3, 0.4) is 0 Å². The summed E-state index contributed by atoms with van der Waals surface area (Å²) < 4.78 is 2.24. The number of carbonyl (C=O) groups excluding carboxylic acids is 2. The molecule has 2 aliphatic carbocycles. The number of hydrogen-bond acceptors (Lipinski definition) is 4. The Morgan fingerprint density at radius 3 is 2.38 bits per heavy atom. The molecule has 0 aliphatic heterocycles. The highest BCUT2D eigenvalue weighted by molar-refractivity contribution is 5.94. The van der Waals surface area contributed by atoms with Crippen molar-refractivity contribution in [3.63, 3.8) is 0 Å². The van der Waals surface area contributed by atoms with Crippen molar-refractivity contribution in [3.05, 3.63) is 47.0 Å². The number of nitrogens with one attached hydrogen (secondary N) is 2. The Morgan fingerprint density at radius 1 is 1.04 bits per heavy atom. The third-order valence-electron chi connectivity index (χ3n) is 4.81. The lowest BCUT2D eigenvalue weighted by atomic mass is 10.1. The van der Waals surface area contributed by atoms with E-state index in [0.717, 1.165) is 17.2 Å². The molecule has 0 radical (unpaired) electrons. The highest BCUT2D eigenvalue weighted by Crippen LogP contribution is 2.44. The van der Waals surface area contributed by atoms with Crippen LogP contribution in [0.2, 0.25) is 0 Å². The molecule has 2 amide bonds. The first-order valence-electron chi connectivity index (χ1n) is 9.17. The molecule has 4 rings (SSSR count). The van der Waals surface area contributed by atoms with Crippen LogP contribution in [0.5, 0.6) is 0 Å². The minimum atomic E-state index is -0.130. The highest BCUT2D eigenvalue weighted by Gasteiger charge is 2.36. The molecule has 0 atom stereocenters. The number of carbonyl (C=O) groups is 2. The molecule has 7 nitrogen and oxygen atoms in total. The average molecular weight is 353 g/mol. The van der Waals surface area contributed by atoms with Crippen molar-refractivity contribution in [3.8, 4) is 0 Å². The molecule has 136 valence electrons. The summed E-state index contributed by atoms with van der Waals surface area (Å²) in [7, 11) is 0. The maximum atomic E-state index is 12.4. The Kier molecular flexibility index (Phi) is 4.44. The van der Waals surface area contributed by atoms with Crippen molar-refractivity contribution >= 4 is 11.8 Å². The van der Waals surface area contributed by atoms with E-state index >= 15 is 0 Å². The third kappa shape index (κ3) is 3.76. The van der Waals surface area contributed by atoms with Gasteiger partial charge >= 0.3 is 0 Å².